The van der Waals surface area contributed by atoms with E-state index in [-0.39, 0.29) is 0 Å². The molecule has 0 radical (unpaired) electrons. The van der Waals surface area contributed by atoms with Crippen LogP contribution in [0.2, 0.25) is 0 Å². The van der Waals surface area contributed by atoms with Gasteiger partial charge in [-0.15, -0.1) is 0 Å². The van der Waals surface area contributed by atoms with Crippen LogP contribution in [0.15, 0.2) is 12.4 Å². The van der Waals surface area contributed by atoms with Crippen molar-refractivity contribution in [1.82, 2.24) is 9.78 Å². The van der Waals surface area contributed by atoms with E-state index in [0.717, 1.165) is 12.0 Å². The van der Waals surface area contributed by atoms with Crippen molar-refractivity contribution in [1.29, 1.82) is 0 Å². The van der Waals surface area contributed by atoms with Gasteiger partial charge in [-0.1, -0.05) is 6.92 Å². The second-order valence-electron chi connectivity index (χ2n) is 4.24. The molecule has 0 aliphatic heterocycles. The maximum absolute atomic E-state index is 11.1. The zero-order valence-corrected chi connectivity index (χ0v) is 9.53. The molecule has 1 aromatic heterocycles. The molecule has 1 atom stereocenters. The van der Waals surface area contributed by atoms with Gasteiger partial charge < -0.3 is 5.11 Å². The number of aryl methyl sites for hydroxylation is 2. The molecule has 1 heterocycles. The van der Waals surface area contributed by atoms with E-state index in [1.54, 1.807) is 17.8 Å². The summed E-state index contributed by atoms with van der Waals surface area (Å²) in [5.74, 6) is -0.714. The minimum Gasteiger partial charge on any atom is -0.481 e. The van der Waals surface area contributed by atoms with Gasteiger partial charge in [-0.3, -0.25) is 9.48 Å². The number of hydrogen-bond donors (Lipinski definition) is 1. The third kappa shape index (κ3) is 2.81. The Bertz CT molecular complexity index is 346. The molecule has 1 unspecified atom stereocenters. The van der Waals surface area contributed by atoms with E-state index in [0.29, 0.717) is 12.8 Å². The van der Waals surface area contributed by atoms with Gasteiger partial charge in [-0.05, 0) is 31.7 Å². The molecular weight excluding hydrogens is 192 g/mol. The van der Waals surface area contributed by atoms with Crippen LogP contribution in [-0.2, 0) is 18.3 Å². The smallest absolute Gasteiger partial charge is 0.309 e. The average Bonchev–Trinajstić information content (AvgIpc) is 2.60. The molecule has 4 nitrogen and oxygen atoms in total. The second-order valence-corrected chi connectivity index (χ2v) is 4.24. The highest BCUT2D eigenvalue weighted by atomic mass is 16.4. The Morgan fingerprint density at radius 3 is 2.73 bits per heavy atom. The number of hydrogen-bond acceptors (Lipinski definition) is 2. The van der Waals surface area contributed by atoms with E-state index in [4.69, 9.17) is 5.11 Å². The van der Waals surface area contributed by atoms with Crippen LogP contribution in [-0.4, -0.2) is 20.9 Å². The molecule has 0 saturated carbocycles. The van der Waals surface area contributed by atoms with Gasteiger partial charge in [0.15, 0.2) is 0 Å². The third-order valence-corrected chi connectivity index (χ3v) is 3.02. The molecule has 0 spiro atoms. The first-order chi connectivity index (χ1) is 6.98. The van der Waals surface area contributed by atoms with Gasteiger partial charge >= 0.3 is 5.97 Å². The first kappa shape index (κ1) is 11.8. The van der Waals surface area contributed by atoms with Gasteiger partial charge in [0.1, 0.15) is 0 Å². The molecular formula is C11H18N2O2. The standard InChI is InChI=1S/C11H18N2O2/c1-4-11(2,10(14)15)6-5-9-7-12-13(3)8-9/h7-8H,4-6H2,1-3H3,(H,14,15). The fourth-order valence-electron chi connectivity index (χ4n) is 1.46. The first-order valence-electron chi connectivity index (χ1n) is 5.19. The molecule has 0 aliphatic rings. The van der Waals surface area contributed by atoms with E-state index < -0.39 is 11.4 Å². The number of rotatable bonds is 5. The molecule has 1 N–H and O–H groups in total. The summed E-state index contributed by atoms with van der Waals surface area (Å²) >= 11 is 0. The summed E-state index contributed by atoms with van der Waals surface area (Å²) in [6.45, 7) is 3.71. The molecule has 0 aromatic carbocycles. The molecule has 1 aromatic rings. The molecule has 0 amide bonds. The topological polar surface area (TPSA) is 55.1 Å². The van der Waals surface area contributed by atoms with Crippen LogP contribution in [0.25, 0.3) is 0 Å². The third-order valence-electron chi connectivity index (χ3n) is 3.02. The van der Waals surface area contributed by atoms with Crippen LogP contribution < -0.4 is 0 Å². The first-order valence-corrected chi connectivity index (χ1v) is 5.19. The van der Waals surface area contributed by atoms with E-state index in [1.165, 1.54) is 0 Å². The largest absolute Gasteiger partial charge is 0.481 e. The van der Waals surface area contributed by atoms with Gasteiger partial charge in [-0.25, -0.2) is 0 Å². The Labute approximate surface area is 89.9 Å². The minimum absolute atomic E-state index is 0.615. The molecule has 84 valence electrons. The van der Waals surface area contributed by atoms with Crippen LogP contribution in [0.1, 0.15) is 32.3 Å². The predicted molar refractivity (Wildman–Crippen MR) is 57.6 cm³/mol. The highest BCUT2D eigenvalue weighted by Crippen LogP contribution is 2.27. The Morgan fingerprint density at radius 2 is 2.33 bits per heavy atom. The summed E-state index contributed by atoms with van der Waals surface area (Å²) in [5.41, 5.74) is 0.481. The lowest BCUT2D eigenvalue weighted by Gasteiger charge is -2.22. The van der Waals surface area contributed by atoms with Crippen LogP contribution in [0.5, 0.6) is 0 Å². The summed E-state index contributed by atoms with van der Waals surface area (Å²) in [7, 11) is 1.86. The molecule has 15 heavy (non-hydrogen) atoms. The predicted octanol–water partition coefficient (Wildman–Crippen LogP) is 1.85. The summed E-state index contributed by atoms with van der Waals surface area (Å²) in [6.07, 6.45) is 5.80. The van der Waals surface area contributed by atoms with Crippen LogP contribution >= 0.6 is 0 Å². The average molecular weight is 210 g/mol. The number of carbonyl (C=O) groups is 1. The zero-order valence-electron chi connectivity index (χ0n) is 9.53. The van der Waals surface area contributed by atoms with Crippen molar-refractivity contribution >= 4 is 5.97 Å². The highest BCUT2D eigenvalue weighted by molar-refractivity contribution is 5.74. The summed E-state index contributed by atoms with van der Waals surface area (Å²) in [4.78, 5) is 11.1. The van der Waals surface area contributed by atoms with Crippen molar-refractivity contribution in [2.75, 3.05) is 0 Å². The molecule has 1 rings (SSSR count). The second kappa shape index (κ2) is 4.47. The number of aliphatic carboxylic acids is 1. The number of aromatic nitrogens is 2. The zero-order chi connectivity index (χ0) is 11.5. The summed E-state index contributed by atoms with van der Waals surface area (Å²) in [5, 5.41) is 13.2. The Morgan fingerprint density at radius 1 is 1.67 bits per heavy atom. The number of carboxylic acids is 1. The Hall–Kier alpha value is -1.32. The maximum Gasteiger partial charge on any atom is 0.309 e. The van der Waals surface area contributed by atoms with E-state index in [1.807, 2.05) is 20.2 Å². The van der Waals surface area contributed by atoms with Crippen molar-refractivity contribution in [2.24, 2.45) is 12.5 Å². The van der Waals surface area contributed by atoms with Crippen molar-refractivity contribution in [2.45, 2.75) is 33.1 Å². The minimum atomic E-state index is -0.714. The Balaban J connectivity index is 2.59. The van der Waals surface area contributed by atoms with Crippen molar-refractivity contribution in [3.05, 3.63) is 18.0 Å². The number of carboxylic acid groups (broad SMARTS) is 1. The Kier molecular flexibility index (Phi) is 3.50. The fourth-order valence-corrected chi connectivity index (χ4v) is 1.46. The monoisotopic (exact) mass is 210 g/mol. The highest BCUT2D eigenvalue weighted by Gasteiger charge is 2.30. The lowest BCUT2D eigenvalue weighted by Crippen LogP contribution is -2.27. The van der Waals surface area contributed by atoms with Gasteiger partial charge in [-0.2, -0.15) is 5.10 Å². The van der Waals surface area contributed by atoms with Crippen molar-refractivity contribution in [3.8, 4) is 0 Å². The molecule has 0 fully saturated rings. The van der Waals surface area contributed by atoms with Crippen LogP contribution in [0.3, 0.4) is 0 Å². The van der Waals surface area contributed by atoms with Crippen LogP contribution in [0.4, 0.5) is 0 Å². The van der Waals surface area contributed by atoms with Gasteiger partial charge in [0.25, 0.3) is 0 Å². The lowest BCUT2D eigenvalue weighted by atomic mass is 9.82. The van der Waals surface area contributed by atoms with E-state index in [9.17, 15) is 4.79 Å². The summed E-state index contributed by atoms with van der Waals surface area (Å²) in [6, 6.07) is 0. The van der Waals surface area contributed by atoms with Gasteiger partial charge in [0.2, 0.25) is 0 Å². The SMILES string of the molecule is CCC(C)(CCc1cnn(C)c1)C(=O)O. The molecule has 0 saturated heterocycles. The molecule has 0 bridgehead atoms. The van der Waals surface area contributed by atoms with Crippen molar-refractivity contribution in [3.63, 3.8) is 0 Å². The lowest BCUT2D eigenvalue weighted by molar-refractivity contribution is -0.148. The van der Waals surface area contributed by atoms with Gasteiger partial charge in [0.05, 0.1) is 11.6 Å². The molecule has 0 aliphatic carbocycles. The normalized spacial score (nSPS) is 14.9. The number of nitrogens with zero attached hydrogens (tertiary/aromatic N) is 2. The summed E-state index contributed by atoms with van der Waals surface area (Å²) < 4.78 is 1.74. The molecule has 4 heteroatoms. The van der Waals surface area contributed by atoms with E-state index >= 15 is 0 Å². The maximum atomic E-state index is 11.1. The quantitative estimate of drug-likeness (QED) is 0.807. The fraction of sp³-hybridized carbons (Fsp3) is 0.636. The van der Waals surface area contributed by atoms with Crippen molar-refractivity contribution < 1.29 is 9.90 Å². The van der Waals surface area contributed by atoms with E-state index in [2.05, 4.69) is 5.10 Å². The van der Waals surface area contributed by atoms with Crippen LogP contribution in [0, 0.1) is 5.41 Å². The van der Waals surface area contributed by atoms with Gasteiger partial charge in [0, 0.05) is 13.2 Å².